The van der Waals surface area contributed by atoms with E-state index in [2.05, 4.69) is 15.1 Å². The second kappa shape index (κ2) is 6.36. The zero-order chi connectivity index (χ0) is 14.6. The normalized spacial score (nSPS) is 11.8. The number of nitrogens with zero attached hydrogens (tertiary/aromatic N) is 2. The molecular weight excluding hydrogens is 292 g/mol. The van der Waals surface area contributed by atoms with Crippen LogP contribution in [0.2, 0.25) is 5.02 Å². The molecule has 0 saturated heterocycles. The number of hydrogen-bond acceptors (Lipinski definition) is 5. The summed E-state index contributed by atoms with van der Waals surface area (Å²) in [6, 6.07) is -0.0938. The minimum Gasteiger partial charge on any atom is -0.381 e. The predicted octanol–water partition coefficient (Wildman–Crippen LogP) is 0.439. The predicted molar refractivity (Wildman–Crippen MR) is 75.2 cm³/mol. The van der Waals surface area contributed by atoms with Crippen LogP contribution in [0, 0.1) is 0 Å². The zero-order valence-corrected chi connectivity index (χ0v) is 12.5. The van der Waals surface area contributed by atoms with Crippen LogP contribution in [0.4, 0.5) is 5.69 Å². The maximum atomic E-state index is 11.8. The van der Waals surface area contributed by atoms with Crippen LogP contribution in [0.25, 0.3) is 0 Å². The Morgan fingerprint density at radius 2 is 2.11 bits per heavy atom. The van der Waals surface area contributed by atoms with Crippen LogP contribution in [0.1, 0.15) is 19.9 Å². The lowest BCUT2D eigenvalue weighted by molar-refractivity contribution is 0.503. The minimum absolute atomic E-state index is 0.00514. The van der Waals surface area contributed by atoms with Crippen LogP contribution >= 0.6 is 11.6 Å². The van der Waals surface area contributed by atoms with Gasteiger partial charge in [-0.2, -0.15) is 5.10 Å². The third-order valence-corrected chi connectivity index (χ3v) is 4.16. The summed E-state index contributed by atoms with van der Waals surface area (Å²) >= 11 is 5.93. The highest BCUT2D eigenvalue weighted by atomic mass is 35.5. The summed E-state index contributed by atoms with van der Waals surface area (Å²) in [6.07, 6.45) is 1.41. The van der Waals surface area contributed by atoms with Crippen LogP contribution in [0.3, 0.4) is 0 Å². The van der Waals surface area contributed by atoms with Gasteiger partial charge in [0.05, 0.1) is 23.7 Å². The van der Waals surface area contributed by atoms with Gasteiger partial charge in [-0.3, -0.25) is 4.79 Å². The van der Waals surface area contributed by atoms with Crippen molar-refractivity contribution in [2.45, 2.75) is 19.9 Å². The molecule has 0 amide bonds. The second-order valence-electron chi connectivity index (χ2n) is 4.17. The Bertz CT molecular complexity index is 597. The van der Waals surface area contributed by atoms with Crippen molar-refractivity contribution in [2.75, 3.05) is 24.7 Å². The number of sulfonamides is 1. The Morgan fingerprint density at radius 1 is 1.47 bits per heavy atom. The molecule has 0 saturated carbocycles. The number of nitrogens with one attached hydrogen (secondary N) is 2. The molecule has 0 aliphatic carbocycles. The van der Waals surface area contributed by atoms with E-state index < -0.39 is 15.6 Å². The van der Waals surface area contributed by atoms with Crippen LogP contribution in [-0.2, 0) is 10.0 Å². The van der Waals surface area contributed by atoms with E-state index in [-0.39, 0.29) is 23.4 Å². The minimum atomic E-state index is -3.29. The van der Waals surface area contributed by atoms with E-state index in [1.165, 1.54) is 17.9 Å². The van der Waals surface area contributed by atoms with E-state index in [1.54, 1.807) is 0 Å². The van der Waals surface area contributed by atoms with Crippen molar-refractivity contribution in [2.24, 2.45) is 0 Å². The maximum absolute atomic E-state index is 11.8. The lowest BCUT2D eigenvalue weighted by Gasteiger charge is -2.12. The molecule has 0 bridgehead atoms. The molecule has 1 aromatic rings. The molecule has 0 aliphatic rings. The van der Waals surface area contributed by atoms with Crippen molar-refractivity contribution in [3.8, 4) is 0 Å². The van der Waals surface area contributed by atoms with Gasteiger partial charge in [0.1, 0.15) is 5.02 Å². The SMILES string of the molecule is CNS(=O)(=O)CCNc1cnn(C(C)C)c(=O)c1Cl. The zero-order valence-electron chi connectivity index (χ0n) is 11.0. The summed E-state index contributed by atoms with van der Waals surface area (Å²) < 4.78 is 25.9. The molecule has 108 valence electrons. The van der Waals surface area contributed by atoms with Crippen molar-refractivity contribution in [1.82, 2.24) is 14.5 Å². The lowest BCUT2D eigenvalue weighted by Crippen LogP contribution is -2.28. The van der Waals surface area contributed by atoms with E-state index in [1.807, 2.05) is 13.8 Å². The number of anilines is 1. The van der Waals surface area contributed by atoms with Crippen molar-refractivity contribution in [1.29, 1.82) is 0 Å². The third kappa shape index (κ3) is 4.19. The van der Waals surface area contributed by atoms with Crippen LogP contribution in [-0.4, -0.2) is 37.5 Å². The molecule has 0 atom stereocenters. The molecule has 0 spiro atoms. The van der Waals surface area contributed by atoms with E-state index in [0.717, 1.165) is 0 Å². The summed E-state index contributed by atoms with van der Waals surface area (Å²) in [5.74, 6) is -0.118. The summed E-state index contributed by atoms with van der Waals surface area (Å²) in [4.78, 5) is 11.8. The fourth-order valence-electron chi connectivity index (χ4n) is 1.36. The van der Waals surface area contributed by atoms with Crippen molar-refractivity contribution in [3.05, 3.63) is 21.6 Å². The van der Waals surface area contributed by atoms with Crippen LogP contribution in [0.5, 0.6) is 0 Å². The Labute approximate surface area is 117 Å². The first-order chi connectivity index (χ1) is 8.78. The molecule has 0 unspecified atom stereocenters. The van der Waals surface area contributed by atoms with Gasteiger partial charge in [0.25, 0.3) is 5.56 Å². The van der Waals surface area contributed by atoms with Gasteiger partial charge in [-0.1, -0.05) is 11.6 Å². The smallest absolute Gasteiger partial charge is 0.287 e. The Hall–Kier alpha value is -1.12. The number of rotatable bonds is 6. The topological polar surface area (TPSA) is 93.1 Å². The van der Waals surface area contributed by atoms with E-state index in [9.17, 15) is 13.2 Å². The van der Waals surface area contributed by atoms with Crippen molar-refractivity contribution < 1.29 is 8.42 Å². The molecule has 1 rings (SSSR count). The molecule has 0 aromatic carbocycles. The Balaban J connectivity index is 2.82. The standard InChI is InChI=1S/C10H17ClN4O3S/c1-7(2)15-10(16)9(11)8(6-14-15)13-4-5-19(17,18)12-3/h6-7,12-13H,4-5H2,1-3H3. The van der Waals surface area contributed by atoms with Gasteiger partial charge in [0.2, 0.25) is 10.0 Å². The number of hydrogen-bond donors (Lipinski definition) is 2. The summed E-state index contributed by atoms with van der Waals surface area (Å²) in [5.41, 5.74) is -0.0759. The van der Waals surface area contributed by atoms with Gasteiger partial charge >= 0.3 is 0 Å². The molecule has 7 nitrogen and oxygen atoms in total. The highest BCUT2D eigenvalue weighted by molar-refractivity contribution is 7.89. The van der Waals surface area contributed by atoms with Gasteiger partial charge in [-0.25, -0.2) is 17.8 Å². The molecule has 0 fully saturated rings. The highest BCUT2D eigenvalue weighted by Crippen LogP contribution is 2.15. The van der Waals surface area contributed by atoms with Gasteiger partial charge in [-0.15, -0.1) is 0 Å². The van der Waals surface area contributed by atoms with Crippen LogP contribution in [0.15, 0.2) is 11.0 Å². The molecule has 19 heavy (non-hydrogen) atoms. The largest absolute Gasteiger partial charge is 0.381 e. The van der Waals surface area contributed by atoms with Crippen molar-refractivity contribution in [3.63, 3.8) is 0 Å². The summed E-state index contributed by atoms with van der Waals surface area (Å²) in [6.45, 7) is 3.77. The monoisotopic (exact) mass is 308 g/mol. The molecule has 1 heterocycles. The third-order valence-electron chi connectivity index (χ3n) is 2.43. The van der Waals surface area contributed by atoms with Gasteiger partial charge < -0.3 is 5.32 Å². The average molecular weight is 309 g/mol. The number of aromatic nitrogens is 2. The molecular formula is C10H17ClN4O3S. The quantitative estimate of drug-likeness (QED) is 0.795. The Morgan fingerprint density at radius 3 is 2.63 bits per heavy atom. The first kappa shape index (κ1) is 15.9. The molecule has 1 aromatic heterocycles. The molecule has 0 radical (unpaired) electrons. The van der Waals surface area contributed by atoms with Crippen LogP contribution < -0.4 is 15.6 Å². The van der Waals surface area contributed by atoms with E-state index in [4.69, 9.17) is 11.6 Å². The fourth-order valence-corrected chi connectivity index (χ4v) is 2.14. The maximum Gasteiger partial charge on any atom is 0.287 e. The Kier molecular flexibility index (Phi) is 5.33. The van der Waals surface area contributed by atoms with Gasteiger partial charge in [0, 0.05) is 6.54 Å². The first-order valence-electron chi connectivity index (χ1n) is 5.71. The average Bonchev–Trinajstić information content (AvgIpc) is 2.34. The second-order valence-corrected chi connectivity index (χ2v) is 6.59. The summed E-state index contributed by atoms with van der Waals surface area (Å²) in [5, 5.41) is 6.75. The van der Waals surface area contributed by atoms with Gasteiger partial charge in [-0.05, 0) is 20.9 Å². The molecule has 0 aliphatic heterocycles. The van der Waals surface area contributed by atoms with Crippen molar-refractivity contribution >= 4 is 27.3 Å². The summed E-state index contributed by atoms with van der Waals surface area (Å²) in [7, 11) is -1.95. The van der Waals surface area contributed by atoms with E-state index >= 15 is 0 Å². The lowest BCUT2D eigenvalue weighted by atomic mass is 10.4. The molecule has 2 N–H and O–H groups in total. The van der Waals surface area contributed by atoms with E-state index in [0.29, 0.717) is 5.69 Å². The molecule has 9 heteroatoms. The fraction of sp³-hybridized carbons (Fsp3) is 0.600. The number of halogens is 1. The van der Waals surface area contributed by atoms with Gasteiger partial charge in [0.15, 0.2) is 0 Å². The first-order valence-corrected chi connectivity index (χ1v) is 7.74. The highest BCUT2D eigenvalue weighted by Gasteiger charge is 2.12.